The molecule has 168 valence electrons. The highest BCUT2D eigenvalue weighted by Gasteiger charge is 2.54. The lowest BCUT2D eigenvalue weighted by molar-refractivity contribution is -0.330. The van der Waals surface area contributed by atoms with Crippen molar-refractivity contribution in [3.63, 3.8) is 0 Å². The number of hydrogen-bond acceptors (Lipinski definition) is 8. The average Bonchev–Trinajstić information content (AvgIpc) is 2.70. The molecule has 0 aromatic heterocycles. The third-order valence-electron chi connectivity index (χ3n) is 7.61. The van der Waals surface area contributed by atoms with Crippen molar-refractivity contribution in [2.75, 3.05) is 13.2 Å². The van der Waals surface area contributed by atoms with Gasteiger partial charge in [-0.3, -0.25) is 0 Å². The van der Waals surface area contributed by atoms with Crippen LogP contribution in [0.4, 0.5) is 0 Å². The van der Waals surface area contributed by atoms with Gasteiger partial charge in [0.1, 0.15) is 24.4 Å². The fraction of sp³-hybridized carbons (Fsp3) is 0.905. The number of hydrogen-bond donors (Lipinski definition) is 6. The van der Waals surface area contributed by atoms with Crippen LogP contribution in [0.1, 0.15) is 46.0 Å². The molecule has 6 N–H and O–H groups in total. The Hall–Kier alpha value is -0.580. The maximum absolute atomic E-state index is 10.6. The average molecular weight is 417 g/mol. The third kappa shape index (κ3) is 4.02. The molecular weight excluding hydrogens is 380 g/mol. The molecule has 0 bridgehead atoms. The lowest BCUT2D eigenvalue weighted by atomic mass is 9.53. The van der Waals surface area contributed by atoms with Crippen LogP contribution in [0.3, 0.4) is 0 Å². The number of allylic oxidation sites excluding steroid dienone is 1. The lowest BCUT2D eigenvalue weighted by Crippen LogP contribution is -2.61. The molecule has 1 heterocycles. The van der Waals surface area contributed by atoms with Gasteiger partial charge in [-0.2, -0.15) is 0 Å². The Balaban J connectivity index is 1.74. The van der Waals surface area contributed by atoms with E-state index in [4.69, 9.17) is 9.47 Å². The lowest BCUT2D eigenvalue weighted by Gasteiger charge is -2.55. The van der Waals surface area contributed by atoms with Crippen LogP contribution in [-0.2, 0) is 9.47 Å². The van der Waals surface area contributed by atoms with E-state index in [9.17, 15) is 30.6 Å². The normalized spacial score (nSPS) is 46.4. The van der Waals surface area contributed by atoms with Gasteiger partial charge in [0.25, 0.3) is 0 Å². The van der Waals surface area contributed by atoms with Crippen molar-refractivity contribution in [3.8, 4) is 0 Å². The van der Waals surface area contributed by atoms with Crippen LogP contribution in [0, 0.1) is 17.3 Å². The molecule has 1 saturated heterocycles. The molecule has 2 saturated carbocycles. The first kappa shape index (κ1) is 23.1. The SMILES string of the molecule is C=C1CC[C@@H](O)[C@]2(CO)CC[C@@H](C(C)(C)O[C@@H]3O[C@H](CO)[C@@H](O)[C@H](O)[C@H]3O)C[C@@H]12. The second kappa shape index (κ2) is 8.51. The summed E-state index contributed by atoms with van der Waals surface area (Å²) < 4.78 is 11.6. The first-order chi connectivity index (χ1) is 13.6. The number of fused-ring (bicyclic) bond motifs is 1. The quantitative estimate of drug-likeness (QED) is 0.335. The van der Waals surface area contributed by atoms with Gasteiger partial charge in [-0.25, -0.2) is 0 Å². The van der Waals surface area contributed by atoms with Crippen molar-refractivity contribution in [2.24, 2.45) is 17.3 Å². The summed E-state index contributed by atoms with van der Waals surface area (Å²) in [5.41, 5.74) is -0.277. The van der Waals surface area contributed by atoms with E-state index in [-0.39, 0.29) is 18.4 Å². The molecule has 9 atom stereocenters. The fourth-order valence-corrected chi connectivity index (χ4v) is 5.50. The fourth-order valence-electron chi connectivity index (χ4n) is 5.50. The topological polar surface area (TPSA) is 140 Å². The summed E-state index contributed by atoms with van der Waals surface area (Å²) in [5, 5.41) is 60.4. The molecule has 0 spiro atoms. The zero-order valence-electron chi connectivity index (χ0n) is 17.3. The Morgan fingerprint density at radius 1 is 1.10 bits per heavy atom. The maximum Gasteiger partial charge on any atom is 0.187 e. The Labute approximate surface area is 171 Å². The monoisotopic (exact) mass is 416 g/mol. The molecule has 8 nitrogen and oxygen atoms in total. The zero-order chi connectivity index (χ0) is 21.6. The van der Waals surface area contributed by atoms with E-state index in [1.807, 2.05) is 13.8 Å². The highest BCUT2D eigenvalue weighted by Crippen LogP contribution is 2.55. The molecule has 3 rings (SSSR count). The first-order valence-corrected chi connectivity index (χ1v) is 10.5. The van der Waals surface area contributed by atoms with Gasteiger partial charge >= 0.3 is 0 Å². The van der Waals surface area contributed by atoms with Crippen molar-refractivity contribution < 1.29 is 40.1 Å². The van der Waals surface area contributed by atoms with E-state index in [0.717, 1.165) is 12.0 Å². The molecule has 0 amide bonds. The third-order valence-corrected chi connectivity index (χ3v) is 7.61. The van der Waals surface area contributed by atoms with Crippen molar-refractivity contribution >= 4 is 0 Å². The minimum absolute atomic E-state index is 0.0207. The van der Waals surface area contributed by atoms with Gasteiger partial charge in [0.05, 0.1) is 24.9 Å². The van der Waals surface area contributed by atoms with Gasteiger partial charge in [0.15, 0.2) is 6.29 Å². The summed E-state index contributed by atoms with van der Waals surface area (Å²) in [5.74, 6) is 0.0225. The van der Waals surface area contributed by atoms with Crippen LogP contribution in [0.2, 0.25) is 0 Å². The number of aliphatic hydroxyl groups excluding tert-OH is 6. The minimum Gasteiger partial charge on any atom is -0.396 e. The summed E-state index contributed by atoms with van der Waals surface area (Å²) in [4.78, 5) is 0. The summed E-state index contributed by atoms with van der Waals surface area (Å²) >= 11 is 0. The van der Waals surface area contributed by atoms with Crippen LogP contribution in [0.25, 0.3) is 0 Å². The van der Waals surface area contributed by atoms with Crippen molar-refractivity contribution in [1.29, 1.82) is 0 Å². The number of aliphatic hydroxyl groups is 6. The first-order valence-electron chi connectivity index (χ1n) is 10.5. The van der Waals surface area contributed by atoms with Crippen LogP contribution in [0.15, 0.2) is 12.2 Å². The molecule has 0 aromatic rings. The second-order valence-electron chi connectivity index (χ2n) is 9.55. The van der Waals surface area contributed by atoms with Crippen LogP contribution in [-0.4, -0.2) is 86.3 Å². The standard InChI is InChI=1S/C21H36O8/c1-11-4-5-15(24)21(10-23)7-6-12(8-13(11)21)20(2,3)29-19-18(27)17(26)16(25)14(9-22)28-19/h12-19,22-27H,1,4-10H2,2-3H3/t12-,13+,14-,15-,16-,17+,18-,19+,21+/m1/s1. The van der Waals surface area contributed by atoms with Crippen LogP contribution >= 0.6 is 0 Å². The van der Waals surface area contributed by atoms with E-state index in [0.29, 0.717) is 25.7 Å². The minimum atomic E-state index is -1.48. The molecule has 0 aromatic carbocycles. The van der Waals surface area contributed by atoms with Crippen molar-refractivity contribution in [1.82, 2.24) is 0 Å². The Kier molecular flexibility index (Phi) is 6.78. The van der Waals surface area contributed by atoms with Gasteiger partial charge in [-0.05, 0) is 57.8 Å². The molecular formula is C21H36O8. The molecule has 3 fully saturated rings. The number of ether oxygens (including phenoxy) is 2. The Morgan fingerprint density at radius 3 is 2.41 bits per heavy atom. The molecule has 8 heteroatoms. The number of rotatable bonds is 5. The largest absolute Gasteiger partial charge is 0.396 e. The molecule has 1 aliphatic heterocycles. The molecule has 0 unspecified atom stereocenters. The van der Waals surface area contributed by atoms with E-state index >= 15 is 0 Å². The molecule has 2 aliphatic carbocycles. The molecule has 0 radical (unpaired) electrons. The Bertz CT molecular complexity index is 593. The predicted octanol–water partition coefficient (Wildman–Crippen LogP) is -0.313. The van der Waals surface area contributed by atoms with Gasteiger partial charge in [0.2, 0.25) is 0 Å². The highest BCUT2D eigenvalue weighted by molar-refractivity contribution is 5.17. The van der Waals surface area contributed by atoms with Crippen LogP contribution in [0.5, 0.6) is 0 Å². The van der Waals surface area contributed by atoms with E-state index in [1.165, 1.54) is 0 Å². The van der Waals surface area contributed by atoms with E-state index in [1.54, 1.807) is 0 Å². The van der Waals surface area contributed by atoms with Gasteiger partial charge < -0.3 is 40.1 Å². The highest BCUT2D eigenvalue weighted by atomic mass is 16.7. The maximum atomic E-state index is 10.6. The predicted molar refractivity (Wildman–Crippen MR) is 104 cm³/mol. The van der Waals surface area contributed by atoms with Crippen molar-refractivity contribution in [3.05, 3.63) is 12.2 Å². The van der Waals surface area contributed by atoms with Gasteiger partial charge in [0, 0.05) is 5.41 Å². The summed E-state index contributed by atoms with van der Waals surface area (Å²) in [7, 11) is 0. The van der Waals surface area contributed by atoms with Gasteiger partial charge in [-0.1, -0.05) is 12.2 Å². The van der Waals surface area contributed by atoms with Crippen molar-refractivity contribution in [2.45, 2.75) is 88.4 Å². The van der Waals surface area contributed by atoms with E-state index in [2.05, 4.69) is 6.58 Å². The summed E-state index contributed by atoms with van der Waals surface area (Å²) in [6.07, 6.45) is -3.74. The summed E-state index contributed by atoms with van der Waals surface area (Å²) in [6, 6.07) is 0. The van der Waals surface area contributed by atoms with Gasteiger partial charge in [-0.15, -0.1) is 0 Å². The van der Waals surface area contributed by atoms with E-state index < -0.39 is 54.4 Å². The zero-order valence-corrected chi connectivity index (χ0v) is 17.3. The summed E-state index contributed by atoms with van der Waals surface area (Å²) in [6.45, 7) is 7.37. The smallest absolute Gasteiger partial charge is 0.187 e. The van der Waals surface area contributed by atoms with Crippen LogP contribution < -0.4 is 0 Å². The molecule has 3 aliphatic rings. The molecule has 29 heavy (non-hydrogen) atoms. The second-order valence-corrected chi connectivity index (χ2v) is 9.55. The Morgan fingerprint density at radius 2 is 1.79 bits per heavy atom.